The summed E-state index contributed by atoms with van der Waals surface area (Å²) in [7, 11) is -5.59. The molecular formula is C16H12ClF3N2O3S2. The molecule has 0 aliphatic carbocycles. The highest BCUT2D eigenvalue weighted by Crippen LogP contribution is 2.34. The molecule has 2 rings (SSSR count). The Balaban J connectivity index is 2.46. The van der Waals surface area contributed by atoms with Gasteiger partial charge in [0.2, 0.25) is 0 Å². The highest BCUT2D eigenvalue weighted by atomic mass is 35.5. The first kappa shape index (κ1) is 21.2. The van der Waals surface area contributed by atoms with Crippen molar-refractivity contribution in [1.82, 2.24) is 0 Å². The quantitative estimate of drug-likeness (QED) is 0.769. The summed E-state index contributed by atoms with van der Waals surface area (Å²) in [4.78, 5) is -0.672. The highest BCUT2D eigenvalue weighted by molar-refractivity contribution is 7.92. The van der Waals surface area contributed by atoms with Crippen molar-refractivity contribution in [3.05, 3.63) is 58.1 Å². The van der Waals surface area contributed by atoms with E-state index in [0.717, 1.165) is 12.1 Å². The summed E-state index contributed by atoms with van der Waals surface area (Å²) in [6, 6.07) is 7.76. The third kappa shape index (κ3) is 5.22. The zero-order valence-corrected chi connectivity index (χ0v) is 16.1. The van der Waals surface area contributed by atoms with Crippen molar-refractivity contribution in [3.63, 3.8) is 0 Å². The monoisotopic (exact) mass is 436 g/mol. The zero-order chi connectivity index (χ0) is 20.4. The lowest BCUT2D eigenvalue weighted by atomic mass is 10.1. The van der Waals surface area contributed by atoms with E-state index in [9.17, 15) is 25.8 Å². The van der Waals surface area contributed by atoms with Crippen LogP contribution in [0.5, 0.6) is 0 Å². The Hall–Kier alpha value is -2.09. The smallest absolute Gasteiger partial charge is 0.278 e. The van der Waals surface area contributed by atoms with Crippen LogP contribution in [0.15, 0.2) is 41.3 Å². The Labute approximate surface area is 161 Å². The van der Waals surface area contributed by atoms with Crippen molar-refractivity contribution in [3.8, 4) is 6.07 Å². The summed E-state index contributed by atoms with van der Waals surface area (Å²) < 4.78 is 77.6. The molecule has 0 heterocycles. The van der Waals surface area contributed by atoms with Gasteiger partial charge in [-0.05, 0) is 35.9 Å². The van der Waals surface area contributed by atoms with Gasteiger partial charge in [0.15, 0.2) is 0 Å². The summed E-state index contributed by atoms with van der Waals surface area (Å²) in [5.41, 5.74) is -1.56. The van der Waals surface area contributed by atoms with Crippen molar-refractivity contribution in [2.24, 2.45) is 0 Å². The maximum Gasteiger partial charge on any atom is 0.417 e. The Bertz CT molecular complexity index is 1050. The van der Waals surface area contributed by atoms with Crippen LogP contribution in [-0.2, 0) is 32.8 Å². The molecule has 0 amide bonds. The van der Waals surface area contributed by atoms with Crippen LogP contribution < -0.4 is 4.72 Å². The van der Waals surface area contributed by atoms with E-state index in [-0.39, 0.29) is 16.5 Å². The van der Waals surface area contributed by atoms with Crippen LogP contribution in [0.4, 0.5) is 18.9 Å². The maximum atomic E-state index is 13.1. The van der Waals surface area contributed by atoms with E-state index in [4.69, 9.17) is 16.9 Å². The molecule has 5 nitrogen and oxygen atoms in total. The molecule has 144 valence electrons. The fourth-order valence-corrected chi connectivity index (χ4v) is 4.17. The van der Waals surface area contributed by atoms with E-state index in [1.807, 2.05) is 0 Å². The molecule has 0 aliphatic rings. The average Bonchev–Trinajstić information content (AvgIpc) is 2.55. The van der Waals surface area contributed by atoms with Gasteiger partial charge >= 0.3 is 6.18 Å². The molecule has 0 spiro atoms. The predicted molar refractivity (Wildman–Crippen MR) is 96.2 cm³/mol. The maximum absolute atomic E-state index is 13.1. The minimum Gasteiger partial charge on any atom is -0.278 e. The van der Waals surface area contributed by atoms with Gasteiger partial charge in [-0.25, -0.2) is 8.42 Å². The van der Waals surface area contributed by atoms with Crippen LogP contribution in [0.3, 0.4) is 0 Å². The second-order valence-corrected chi connectivity index (χ2v) is 8.98. The summed E-state index contributed by atoms with van der Waals surface area (Å²) >= 11 is 5.95. The van der Waals surface area contributed by atoms with E-state index in [0.29, 0.717) is 11.6 Å². The van der Waals surface area contributed by atoms with Gasteiger partial charge in [-0.1, -0.05) is 17.7 Å². The van der Waals surface area contributed by atoms with Gasteiger partial charge in [-0.15, -0.1) is 0 Å². The topological polar surface area (TPSA) is 87.0 Å². The number of nitrogens with one attached hydrogen (secondary N) is 1. The minimum atomic E-state index is -4.89. The lowest BCUT2D eigenvalue weighted by molar-refractivity contribution is -0.137. The molecular weight excluding hydrogens is 425 g/mol. The standard InChI is InChI=1S/C16H12ClF3N2O3S2/c1-26(23)9-10-2-5-14(17)15(6-10)22-27(24,25)12-4-3-11(8-21)13(7-12)16(18,19)20/h2-7,22H,9H2,1H3/t26-/m0/s1. The van der Waals surface area contributed by atoms with Gasteiger partial charge in [0.1, 0.15) is 0 Å². The Kier molecular flexibility index (Phi) is 6.19. The van der Waals surface area contributed by atoms with Crippen molar-refractivity contribution in [2.45, 2.75) is 16.8 Å². The number of sulfonamides is 1. The van der Waals surface area contributed by atoms with Gasteiger partial charge in [0, 0.05) is 22.8 Å². The molecule has 0 saturated heterocycles. The number of rotatable bonds is 5. The lowest BCUT2D eigenvalue weighted by Crippen LogP contribution is -2.16. The van der Waals surface area contributed by atoms with E-state index in [2.05, 4.69) is 4.72 Å². The molecule has 0 bridgehead atoms. The van der Waals surface area contributed by atoms with E-state index >= 15 is 0 Å². The van der Waals surface area contributed by atoms with Crippen LogP contribution in [0.1, 0.15) is 16.7 Å². The van der Waals surface area contributed by atoms with E-state index in [1.54, 1.807) is 6.07 Å². The number of nitriles is 1. The van der Waals surface area contributed by atoms with Crippen LogP contribution in [0.25, 0.3) is 0 Å². The number of hydrogen-bond acceptors (Lipinski definition) is 4. The lowest BCUT2D eigenvalue weighted by Gasteiger charge is -2.14. The van der Waals surface area contributed by atoms with Crippen LogP contribution in [0.2, 0.25) is 5.02 Å². The van der Waals surface area contributed by atoms with Gasteiger partial charge in [-0.2, -0.15) is 18.4 Å². The molecule has 0 radical (unpaired) electrons. The Morgan fingerprint density at radius 3 is 2.44 bits per heavy atom. The van der Waals surface area contributed by atoms with Gasteiger partial charge in [0.25, 0.3) is 10.0 Å². The fourth-order valence-electron chi connectivity index (χ4n) is 2.20. The number of hydrogen-bond donors (Lipinski definition) is 1. The SMILES string of the molecule is C[S@](=O)Cc1ccc(Cl)c(NS(=O)(=O)c2ccc(C#N)c(C(F)(F)F)c2)c1. The molecule has 2 aromatic carbocycles. The number of nitrogens with zero attached hydrogens (tertiary/aromatic N) is 1. The first-order chi connectivity index (χ1) is 12.4. The largest absolute Gasteiger partial charge is 0.417 e. The third-order valence-electron chi connectivity index (χ3n) is 3.37. The number of benzene rings is 2. The number of anilines is 1. The second kappa shape index (κ2) is 7.88. The number of halogens is 4. The molecule has 1 N–H and O–H groups in total. The molecule has 2 aromatic rings. The molecule has 0 unspecified atom stereocenters. The highest BCUT2D eigenvalue weighted by Gasteiger charge is 2.35. The van der Waals surface area contributed by atoms with Crippen molar-refractivity contribution < 1.29 is 25.8 Å². The summed E-state index contributed by atoms with van der Waals surface area (Å²) in [6.07, 6.45) is -3.42. The first-order valence-corrected chi connectivity index (χ1v) is 10.8. The zero-order valence-electron chi connectivity index (χ0n) is 13.7. The molecule has 27 heavy (non-hydrogen) atoms. The van der Waals surface area contributed by atoms with Gasteiger partial charge in [0.05, 0.1) is 32.8 Å². The molecule has 0 aromatic heterocycles. The molecule has 11 heteroatoms. The predicted octanol–water partition coefficient (Wildman–Crippen LogP) is 3.91. The molecule has 0 saturated carbocycles. The van der Waals surface area contributed by atoms with Gasteiger partial charge in [-0.3, -0.25) is 8.93 Å². The fraction of sp³-hybridized carbons (Fsp3) is 0.188. The molecule has 0 aliphatic heterocycles. The van der Waals surface area contributed by atoms with Crippen LogP contribution in [0, 0.1) is 11.3 Å². The first-order valence-electron chi connectivity index (χ1n) is 7.16. The second-order valence-electron chi connectivity index (χ2n) is 5.45. The van der Waals surface area contributed by atoms with Gasteiger partial charge < -0.3 is 0 Å². The average molecular weight is 437 g/mol. The Morgan fingerprint density at radius 2 is 1.89 bits per heavy atom. The van der Waals surface area contributed by atoms with E-state index < -0.39 is 43.0 Å². The minimum absolute atomic E-state index is 0.0221. The van der Waals surface area contributed by atoms with Crippen molar-refractivity contribution in [2.75, 3.05) is 11.0 Å². The van der Waals surface area contributed by atoms with E-state index in [1.165, 1.54) is 24.5 Å². The Morgan fingerprint density at radius 1 is 1.22 bits per heavy atom. The third-order valence-corrected chi connectivity index (χ3v) is 5.80. The summed E-state index contributed by atoms with van der Waals surface area (Å²) in [5, 5.41) is 8.81. The molecule has 0 fully saturated rings. The summed E-state index contributed by atoms with van der Waals surface area (Å²) in [6.45, 7) is 0. The summed E-state index contributed by atoms with van der Waals surface area (Å²) in [5.74, 6) is 0.154. The molecule has 1 atom stereocenters. The van der Waals surface area contributed by atoms with Crippen LogP contribution >= 0.6 is 11.6 Å². The van der Waals surface area contributed by atoms with Crippen LogP contribution in [-0.4, -0.2) is 18.9 Å². The van der Waals surface area contributed by atoms with Crippen molar-refractivity contribution in [1.29, 1.82) is 5.26 Å². The van der Waals surface area contributed by atoms with Crippen molar-refractivity contribution >= 4 is 38.1 Å². The normalized spacial score (nSPS) is 13.0. The number of alkyl halides is 3.